The first-order chi connectivity index (χ1) is 12.1. The van der Waals surface area contributed by atoms with Gasteiger partial charge in [-0.1, -0.05) is 63.5 Å². The Morgan fingerprint density at radius 3 is 1.78 bits per heavy atom. The van der Waals surface area contributed by atoms with Crippen molar-refractivity contribution in [3.8, 4) is 0 Å². The maximum Gasteiger partial charge on any atom is 0.255 e. The van der Waals surface area contributed by atoms with Gasteiger partial charge in [0.2, 0.25) is 0 Å². The SMILES string of the molecule is CC(C)(C)[Si](C)(C)OC(O[Si](C)(C)C(C)(C)C)=C1CCc2cc(Br)ccc21. The number of rotatable bonds is 4. The molecule has 2 rings (SSSR count). The monoisotopic (exact) mass is 468 g/mol. The molecule has 1 aromatic rings. The second-order valence-electron chi connectivity index (χ2n) is 10.8. The normalized spacial score (nSPS) is 15.6. The van der Waals surface area contributed by atoms with E-state index in [1.807, 2.05) is 0 Å². The molecule has 0 aromatic heterocycles. The number of aryl methyl sites for hydroxylation is 1. The van der Waals surface area contributed by atoms with Crippen LogP contribution in [-0.2, 0) is 15.3 Å². The predicted molar refractivity (Wildman–Crippen MR) is 126 cm³/mol. The molecule has 0 bridgehead atoms. The van der Waals surface area contributed by atoms with Crippen LogP contribution in [0.3, 0.4) is 0 Å². The molecule has 0 unspecified atom stereocenters. The summed E-state index contributed by atoms with van der Waals surface area (Å²) in [5.41, 5.74) is 3.94. The molecule has 0 heterocycles. The number of hydrogen-bond donors (Lipinski definition) is 0. The van der Waals surface area contributed by atoms with Crippen LogP contribution in [-0.4, -0.2) is 16.6 Å². The lowest BCUT2D eigenvalue weighted by atomic mass is 10.1. The summed E-state index contributed by atoms with van der Waals surface area (Å²) in [6.07, 6.45) is 2.04. The summed E-state index contributed by atoms with van der Waals surface area (Å²) in [7, 11) is -3.99. The topological polar surface area (TPSA) is 18.5 Å². The van der Waals surface area contributed by atoms with E-state index in [2.05, 4.69) is 102 Å². The zero-order valence-corrected chi connectivity index (χ0v) is 22.4. The molecular weight excluding hydrogens is 432 g/mol. The van der Waals surface area contributed by atoms with Crippen molar-refractivity contribution in [2.24, 2.45) is 0 Å². The number of fused-ring (bicyclic) bond motifs is 1. The van der Waals surface area contributed by atoms with E-state index in [0.717, 1.165) is 23.3 Å². The summed E-state index contributed by atoms with van der Waals surface area (Å²) in [5.74, 6) is 0.814. The Morgan fingerprint density at radius 2 is 1.33 bits per heavy atom. The van der Waals surface area contributed by atoms with E-state index in [4.69, 9.17) is 8.85 Å². The summed E-state index contributed by atoms with van der Waals surface area (Å²) < 4.78 is 14.8. The fourth-order valence-corrected chi connectivity index (χ4v) is 4.94. The molecular formula is C22H37BrO2Si2. The first-order valence-electron chi connectivity index (χ1n) is 9.95. The highest BCUT2D eigenvalue weighted by Crippen LogP contribution is 2.45. The molecule has 0 saturated carbocycles. The van der Waals surface area contributed by atoms with Crippen LogP contribution in [0.25, 0.3) is 5.57 Å². The minimum absolute atomic E-state index is 0.136. The van der Waals surface area contributed by atoms with Gasteiger partial charge in [-0.05, 0) is 72.4 Å². The molecule has 1 aromatic carbocycles. The molecule has 0 aliphatic heterocycles. The maximum atomic E-state index is 6.82. The van der Waals surface area contributed by atoms with Gasteiger partial charge in [0.15, 0.2) is 0 Å². The average molecular weight is 470 g/mol. The van der Waals surface area contributed by atoms with E-state index >= 15 is 0 Å². The Bertz CT molecular complexity index is 708. The van der Waals surface area contributed by atoms with Gasteiger partial charge in [0.25, 0.3) is 22.6 Å². The molecule has 0 radical (unpaired) electrons. The highest BCUT2D eigenvalue weighted by Gasteiger charge is 2.45. The summed E-state index contributed by atoms with van der Waals surface area (Å²) in [6.45, 7) is 22.9. The molecule has 0 fully saturated rings. The summed E-state index contributed by atoms with van der Waals surface area (Å²) in [6, 6.07) is 6.57. The molecule has 152 valence electrons. The van der Waals surface area contributed by atoms with Crippen LogP contribution in [0.2, 0.25) is 36.3 Å². The minimum atomic E-state index is -2.00. The zero-order chi connectivity index (χ0) is 20.8. The molecule has 1 aliphatic carbocycles. The number of hydrogen-bond acceptors (Lipinski definition) is 2. The average Bonchev–Trinajstić information content (AvgIpc) is 2.86. The lowest BCUT2D eigenvalue weighted by Crippen LogP contribution is -2.45. The van der Waals surface area contributed by atoms with Crippen LogP contribution in [0.15, 0.2) is 28.6 Å². The van der Waals surface area contributed by atoms with Crippen LogP contribution in [0.5, 0.6) is 0 Å². The van der Waals surface area contributed by atoms with Gasteiger partial charge >= 0.3 is 0 Å². The van der Waals surface area contributed by atoms with Crippen molar-refractivity contribution >= 4 is 38.1 Å². The third kappa shape index (κ3) is 4.91. The van der Waals surface area contributed by atoms with Crippen molar-refractivity contribution < 1.29 is 8.85 Å². The van der Waals surface area contributed by atoms with E-state index in [9.17, 15) is 0 Å². The molecule has 0 saturated heterocycles. The number of allylic oxidation sites excluding steroid dienone is 1. The van der Waals surface area contributed by atoms with Crippen molar-refractivity contribution in [2.75, 3.05) is 0 Å². The smallest absolute Gasteiger partial charge is 0.255 e. The Morgan fingerprint density at radius 1 is 0.852 bits per heavy atom. The summed E-state index contributed by atoms with van der Waals surface area (Å²) in [4.78, 5) is 0. The standard InChI is InChI=1S/C22H37BrO2Si2/c1-21(2,3)26(7,8)24-20(25-27(9,10)22(4,5)6)19-13-11-16-15-17(23)12-14-18(16)19/h12,14-15H,11,13H2,1-10H3. The maximum absolute atomic E-state index is 6.82. The second-order valence-corrected chi connectivity index (χ2v) is 21.2. The van der Waals surface area contributed by atoms with Crippen molar-refractivity contribution in [1.29, 1.82) is 0 Å². The van der Waals surface area contributed by atoms with Crippen molar-refractivity contribution in [1.82, 2.24) is 0 Å². The van der Waals surface area contributed by atoms with Crippen LogP contribution in [0.4, 0.5) is 0 Å². The van der Waals surface area contributed by atoms with Crippen LogP contribution < -0.4 is 0 Å². The van der Waals surface area contributed by atoms with Crippen molar-refractivity contribution in [3.05, 3.63) is 39.7 Å². The largest absolute Gasteiger partial charge is 0.520 e. The Hall–Kier alpha value is -0.526. The van der Waals surface area contributed by atoms with Gasteiger partial charge in [0, 0.05) is 10.0 Å². The van der Waals surface area contributed by atoms with E-state index in [1.165, 1.54) is 16.7 Å². The molecule has 0 spiro atoms. The van der Waals surface area contributed by atoms with Crippen molar-refractivity contribution in [3.63, 3.8) is 0 Å². The molecule has 1 aliphatic rings. The lowest BCUT2D eigenvalue weighted by Gasteiger charge is -2.42. The van der Waals surface area contributed by atoms with E-state index < -0.39 is 16.6 Å². The Kier molecular flexibility index (Phi) is 6.22. The highest BCUT2D eigenvalue weighted by atomic mass is 79.9. The highest BCUT2D eigenvalue weighted by molar-refractivity contribution is 9.10. The lowest BCUT2D eigenvalue weighted by molar-refractivity contribution is 0.198. The van der Waals surface area contributed by atoms with Gasteiger partial charge in [-0.25, -0.2) is 0 Å². The van der Waals surface area contributed by atoms with Crippen LogP contribution >= 0.6 is 15.9 Å². The first kappa shape index (κ1) is 22.8. The second kappa shape index (κ2) is 7.38. The quantitative estimate of drug-likeness (QED) is 0.327. The van der Waals surface area contributed by atoms with Gasteiger partial charge in [0.1, 0.15) is 0 Å². The van der Waals surface area contributed by atoms with Gasteiger partial charge in [-0.3, -0.25) is 0 Å². The summed E-state index contributed by atoms with van der Waals surface area (Å²) >= 11 is 3.61. The third-order valence-corrected chi connectivity index (χ3v) is 15.7. The first-order valence-corrected chi connectivity index (χ1v) is 16.6. The van der Waals surface area contributed by atoms with Gasteiger partial charge in [-0.15, -0.1) is 0 Å². The number of benzene rings is 1. The van der Waals surface area contributed by atoms with Crippen molar-refractivity contribution in [2.45, 2.75) is 90.6 Å². The zero-order valence-electron chi connectivity index (χ0n) is 18.8. The Labute approximate surface area is 177 Å². The molecule has 0 atom stereocenters. The van der Waals surface area contributed by atoms with Gasteiger partial charge in [-0.2, -0.15) is 0 Å². The minimum Gasteiger partial charge on any atom is -0.520 e. The van der Waals surface area contributed by atoms with E-state index in [1.54, 1.807) is 0 Å². The molecule has 5 heteroatoms. The van der Waals surface area contributed by atoms with Gasteiger partial charge in [0.05, 0.1) is 0 Å². The van der Waals surface area contributed by atoms with Crippen LogP contribution in [0, 0.1) is 0 Å². The van der Waals surface area contributed by atoms with E-state index in [-0.39, 0.29) is 10.1 Å². The molecule has 0 N–H and O–H groups in total. The fourth-order valence-electron chi connectivity index (χ4n) is 2.58. The molecule has 27 heavy (non-hydrogen) atoms. The number of halogens is 1. The van der Waals surface area contributed by atoms with Gasteiger partial charge < -0.3 is 8.85 Å². The summed E-state index contributed by atoms with van der Waals surface area (Å²) in [5, 5.41) is 0.271. The third-order valence-electron chi connectivity index (χ3n) is 6.59. The molecule has 0 amide bonds. The van der Waals surface area contributed by atoms with Crippen LogP contribution in [0.1, 0.15) is 59.1 Å². The fraction of sp³-hybridized carbons (Fsp3) is 0.636. The Balaban J connectivity index is 2.56. The molecule has 2 nitrogen and oxygen atoms in total. The predicted octanol–water partition coefficient (Wildman–Crippen LogP) is 8.11. The van der Waals surface area contributed by atoms with E-state index in [0.29, 0.717) is 0 Å².